The fraction of sp³-hybridized carbons (Fsp3) is 0.600. The van der Waals surface area contributed by atoms with Gasteiger partial charge in [-0.1, -0.05) is 13.0 Å². The van der Waals surface area contributed by atoms with Crippen LogP contribution in [-0.2, 0) is 4.18 Å². The Labute approximate surface area is 68.3 Å². The lowest BCUT2D eigenvalue weighted by Crippen LogP contribution is -2.00. The number of halogens is 1. The van der Waals surface area contributed by atoms with Crippen LogP contribution in [0.3, 0.4) is 0 Å². The zero-order valence-electron chi connectivity index (χ0n) is 5.17. The first-order valence-corrected chi connectivity index (χ1v) is 5.48. The van der Waals surface area contributed by atoms with Crippen LogP contribution in [0.15, 0.2) is 12.7 Å². The molecule has 0 spiro atoms. The highest BCUT2D eigenvalue weighted by atomic mass is 35.7. The molecular formula is C5H9ClOS2. The summed E-state index contributed by atoms with van der Waals surface area (Å²) >= 11 is 1.18. The van der Waals surface area contributed by atoms with E-state index in [0.29, 0.717) is 0 Å². The third-order valence-electron chi connectivity index (χ3n) is 0.854. The molecule has 1 nitrogen and oxygen atoms in total. The highest BCUT2D eigenvalue weighted by molar-refractivity contribution is 8.83. The normalized spacial score (nSPS) is 13.1. The maximum Gasteiger partial charge on any atom is 0.0908 e. The quantitative estimate of drug-likeness (QED) is 0.368. The van der Waals surface area contributed by atoms with Crippen LogP contribution < -0.4 is 0 Å². The van der Waals surface area contributed by atoms with E-state index in [1.807, 2.05) is 6.92 Å². The van der Waals surface area contributed by atoms with Gasteiger partial charge in [0, 0.05) is 10.0 Å². The summed E-state index contributed by atoms with van der Waals surface area (Å²) in [6.07, 6.45) is 2.83. The van der Waals surface area contributed by atoms with Gasteiger partial charge in [0.15, 0.2) is 0 Å². The molecule has 1 atom stereocenters. The summed E-state index contributed by atoms with van der Waals surface area (Å²) in [4.78, 5) is 0. The van der Waals surface area contributed by atoms with Gasteiger partial charge < -0.3 is 0 Å². The lowest BCUT2D eigenvalue weighted by Gasteiger charge is -2.05. The second-order valence-corrected chi connectivity index (χ2v) is 3.78. The smallest absolute Gasteiger partial charge is 0.0908 e. The number of hydrogen-bond acceptors (Lipinski definition) is 3. The minimum atomic E-state index is 0.126. The van der Waals surface area contributed by atoms with Crippen LogP contribution in [0.5, 0.6) is 0 Å². The molecular weight excluding hydrogens is 176 g/mol. The molecule has 0 rings (SSSR count). The maximum atomic E-state index is 5.28. The molecule has 0 aromatic heterocycles. The molecule has 0 heterocycles. The first-order valence-electron chi connectivity index (χ1n) is 2.58. The Morgan fingerprint density at radius 1 is 1.89 bits per heavy atom. The zero-order valence-corrected chi connectivity index (χ0v) is 7.56. The van der Waals surface area contributed by atoms with E-state index in [2.05, 4.69) is 6.58 Å². The molecule has 1 unspecified atom stereocenters. The molecule has 0 saturated carbocycles. The van der Waals surface area contributed by atoms with Crippen LogP contribution >= 0.6 is 31.8 Å². The summed E-state index contributed by atoms with van der Waals surface area (Å²) in [5.41, 5.74) is 0. The molecule has 0 aromatic rings. The number of hydrogen-bond donors (Lipinski definition) is 0. The van der Waals surface area contributed by atoms with Gasteiger partial charge in [0.05, 0.1) is 17.2 Å². The highest BCUT2D eigenvalue weighted by Gasteiger charge is 1.99. The number of rotatable bonds is 5. The molecule has 4 heteroatoms. The SMILES string of the molecule is C=CC(CC)OSSCl. The van der Waals surface area contributed by atoms with Crippen LogP contribution in [0.1, 0.15) is 13.3 Å². The molecule has 0 radical (unpaired) electrons. The first-order chi connectivity index (χ1) is 4.35. The van der Waals surface area contributed by atoms with E-state index in [1.165, 1.54) is 11.1 Å². The summed E-state index contributed by atoms with van der Waals surface area (Å²) < 4.78 is 5.12. The third kappa shape index (κ3) is 5.15. The molecule has 0 saturated heterocycles. The Bertz CT molecular complexity index is 79.4. The Hall–Kier alpha value is 0.690. The van der Waals surface area contributed by atoms with Crippen molar-refractivity contribution in [2.75, 3.05) is 0 Å². The third-order valence-corrected chi connectivity index (χ3v) is 2.08. The van der Waals surface area contributed by atoms with Gasteiger partial charge in [0.2, 0.25) is 0 Å². The van der Waals surface area contributed by atoms with Gasteiger partial charge in [-0.15, -0.1) is 6.58 Å². The van der Waals surface area contributed by atoms with Crippen molar-refractivity contribution in [2.24, 2.45) is 0 Å². The van der Waals surface area contributed by atoms with Crippen LogP contribution in [0.25, 0.3) is 0 Å². The molecule has 0 bridgehead atoms. The minimum absolute atomic E-state index is 0.126. The van der Waals surface area contributed by atoms with Gasteiger partial charge in [0.25, 0.3) is 0 Å². The van der Waals surface area contributed by atoms with Crippen molar-refractivity contribution in [1.29, 1.82) is 0 Å². The fourth-order valence-electron chi connectivity index (χ4n) is 0.339. The van der Waals surface area contributed by atoms with Gasteiger partial charge in [0.1, 0.15) is 0 Å². The van der Waals surface area contributed by atoms with Crippen molar-refractivity contribution < 1.29 is 4.18 Å². The average molecular weight is 185 g/mol. The van der Waals surface area contributed by atoms with Crippen molar-refractivity contribution >= 4 is 31.8 Å². The summed E-state index contributed by atoms with van der Waals surface area (Å²) in [5.74, 6) is 0. The molecule has 54 valence electrons. The fourth-order valence-corrected chi connectivity index (χ4v) is 1.34. The Balaban J connectivity index is 3.20. The van der Waals surface area contributed by atoms with E-state index >= 15 is 0 Å². The maximum absolute atomic E-state index is 5.28. The van der Waals surface area contributed by atoms with Gasteiger partial charge in [-0.05, 0) is 17.1 Å². The lowest BCUT2D eigenvalue weighted by molar-refractivity contribution is 0.296. The van der Waals surface area contributed by atoms with Crippen molar-refractivity contribution in [1.82, 2.24) is 0 Å². The van der Waals surface area contributed by atoms with Crippen molar-refractivity contribution in [3.05, 3.63) is 12.7 Å². The molecule has 9 heavy (non-hydrogen) atoms. The summed E-state index contributed by atoms with van der Waals surface area (Å²) in [6.45, 7) is 5.63. The van der Waals surface area contributed by atoms with Crippen molar-refractivity contribution in [2.45, 2.75) is 19.4 Å². The van der Waals surface area contributed by atoms with Crippen molar-refractivity contribution in [3.8, 4) is 0 Å². The predicted octanol–water partition coefficient (Wildman–Crippen LogP) is 3.42. The summed E-state index contributed by atoms with van der Waals surface area (Å²) in [5, 5.41) is 0. The van der Waals surface area contributed by atoms with Crippen LogP contribution in [-0.4, -0.2) is 6.10 Å². The lowest BCUT2D eigenvalue weighted by atomic mass is 10.3. The molecule has 0 aliphatic heterocycles. The zero-order chi connectivity index (χ0) is 7.11. The van der Waals surface area contributed by atoms with E-state index in [0.717, 1.165) is 16.4 Å². The van der Waals surface area contributed by atoms with Crippen LogP contribution in [0.2, 0.25) is 0 Å². The Morgan fingerprint density at radius 3 is 2.89 bits per heavy atom. The van der Waals surface area contributed by atoms with Crippen molar-refractivity contribution in [3.63, 3.8) is 0 Å². The minimum Gasteiger partial charge on any atom is -0.297 e. The van der Waals surface area contributed by atoms with E-state index in [4.69, 9.17) is 14.9 Å². The monoisotopic (exact) mass is 184 g/mol. The second-order valence-electron chi connectivity index (χ2n) is 1.41. The van der Waals surface area contributed by atoms with E-state index in [-0.39, 0.29) is 6.10 Å². The molecule has 0 aliphatic rings. The van der Waals surface area contributed by atoms with E-state index < -0.39 is 0 Å². The summed E-state index contributed by atoms with van der Waals surface area (Å²) in [6, 6.07) is 0. The summed E-state index contributed by atoms with van der Waals surface area (Å²) in [7, 11) is 6.36. The van der Waals surface area contributed by atoms with Gasteiger partial charge in [-0.2, -0.15) is 0 Å². The van der Waals surface area contributed by atoms with Gasteiger partial charge in [-0.3, -0.25) is 4.18 Å². The topological polar surface area (TPSA) is 9.23 Å². The highest BCUT2D eigenvalue weighted by Crippen LogP contribution is 2.28. The van der Waals surface area contributed by atoms with Gasteiger partial charge in [-0.25, -0.2) is 0 Å². The molecule has 0 fully saturated rings. The predicted molar refractivity (Wildman–Crippen MR) is 46.4 cm³/mol. The second kappa shape index (κ2) is 6.81. The van der Waals surface area contributed by atoms with E-state index in [1.54, 1.807) is 6.08 Å². The first kappa shape index (κ1) is 9.69. The molecule has 0 N–H and O–H groups in total. The van der Waals surface area contributed by atoms with Crippen LogP contribution in [0.4, 0.5) is 0 Å². The largest absolute Gasteiger partial charge is 0.297 e. The Kier molecular flexibility index (Phi) is 7.33. The Morgan fingerprint density at radius 2 is 2.56 bits per heavy atom. The van der Waals surface area contributed by atoms with E-state index in [9.17, 15) is 0 Å². The van der Waals surface area contributed by atoms with Gasteiger partial charge >= 0.3 is 0 Å². The molecule has 0 aliphatic carbocycles. The molecule has 0 amide bonds. The standard InChI is InChI=1S/C5H9ClOS2/c1-3-5(4-2)7-9-8-6/h3,5H,1,4H2,2H3. The average Bonchev–Trinajstić information content (AvgIpc) is 1.91. The van der Waals surface area contributed by atoms with Crippen LogP contribution in [0, 0.1) is 0 Å². The molecule has 0 aromatic carbocycles.